The van der Waals surface area contributed by atoms with Gasteiger partial charge >= 0.3 is 0 Å². The van der Waals surface area contributed by atoms with Crippen molar-refractivity contribution in [3.05, 3.63) is 69.8 Å². The third-order valence-corrected chi connectivity index (χ3v) is 3.94. The third kappa shape index (κ3) is 4.66. The zero-order valence-electron chi connectivity index (χ0n) is 14.5. The molecule has 138 valence electrons. The van der Waals surface area contributed by atoms with Crippen LogP contribution in [0.5, 0.6) is 5.75 Å². The van der Waals surface area contributed by atoms with Crippen molar-refractivity contribution in [1.29, 1.82) is 0 Å². The number of nitrogens with one attached hydrogen (secondary N) is 2. The van der Waals surface area contributed by atoms with Crippen molar-refractivity contribution in [3.8, 4) is 5.75 Å². The lowest BCUT2D eigenvalue weighted by atomic mass is 10.0. The summed E-state index contributed by atoms with van der Waals surface area (Å²) in [6, 6.07) is 13.0. The Balaban J connectivity index is 1.70. The number of carbonyl (C=O) groups is 1. The smallest absolute Gasteiger partial charge is 0.269 e. The number of nitro benzene ring substituents is 1. The van der Waals surface area contributed by atoms with Crippen LogP contribution in [0.1, 0.15) is 23.6 Å². The average Bonchev–Trinajstić information content (AvgIpc) is 2.68. The summed E-state index contributed by atoms with van der Waals surface area (Å²) in [6.45, 7) is 0. The lowest BCUT2D eigenvalue weighted by molar-refractivity contribution is -0.384. The van der Waals surface area contributed by atoms with Crippen LogP contribution in [0.2, 0.25) is 0 Å². The van der Waals surface area contributed by atoms with Gasteiger partial charge in [-0.2, -0.15) is 5.10 Å². The monoisotopic (exact) mass is 367 g/mol. The van der Waals surface area contributed by atoms with Crippen molar-refractivity contribution in [2.24, 2.45) is 10.2 Å². The lowest BCUT2D eigenvalue weighted by Gasteiger charge is -2.25. The maximum Gasteiger partial charge on any atom is 0.269 e. The number of benzene rings is 2. The molecule has 0 bridgehead atoms. The summed E-state index contributed by atoms with van der Waals surface area (Å²) in [7, 11) is 1.59. The van der Waals surface area contributed by atoms with Crippen LogP contribution < -0.4 is 15.4 Å². The average molecular weight is 367 g/mol. The number of hydrogen-bond donors (Lipinski definition) is 2. The van der Waals surface area contributed by atoms with E-state index in [2.05, 4.69) is 20.8 Å². The molecule has 3 rings (SSSR count). The van der Waals surface area contributed by atoms with E-state index in [1.54, 1.807) is 37.6 Å². The van der Waals surface area contributed by atoms with E-state index >= 15 is 0 Å². The number of rotatable bonds is 5. The summed E-state index contributed by atoms with van der Waals surface area (Å²) >= 11 is 0. The molecule has 9 nitrogen and oxygen atoms in total. The SMILES string of the molecule is COc1ccc(C=NN=C2NC(=O)CC(c3ccc([N+](=O)[O-])cc3)N2)cc1. The molecule has 1 aliphatic heterocycles. The quantitative estimate of drug-likeness (QED) is 0.477. The molecular formula is C18H17N5O4. The van der Waals surface area contributed by atoms with Gasteiger partial charge in [0.25, 0.3) is 5.69 Å². The molecule has 1 saturated heterocycles. The molecule has 1 amide bonds. The van der Waals surface area contributed by atoms with E-state index in [-0.39, 0.29) is 30.0 Å². The van der Waals surface area contributed by atoms with Gasteiger partial charge in [0.05, 0.1) is 30.7 Å². The number of methoxy groups -OCH3 is 1. The zero-order valence-corrected chi connectivity index (χ0v) is 14.5. The van der Waals surface area contributed by atoms with E-state index < -0.39 is 4.92 Å². The Hall–Kier alpha value is -3.75. The Morgan fingerprint density at radius 1 is 1.19 bits per heavy atom. The fourth-order valence-electron chi connectivity index (χ4n) is 2.55. The highest BCUT2D eigenvalue weighted by molar-refractivity contribution is 6.00. The number of guanidine groups is 1. The Morgan fingerprint density at radius 2 is 1.89 bits per heavy atom. The Bertz CT molecular complexity index is 891. The molecule has 1 heterocycles. The number of non-ortho nitro benzene ring substituents is 1. The van der Waals surface area contributed by atoms with E-state index in [0.717, 1.165) is 16.9 Å². The Morgan fingerprint density at radius 3 is 2.52 bits per heavy atom. The number of carbonyl (C=O) groups excluding carboxylic acids is 1. The molecule has 0 spiro atoms. The fraction of sp³-hybridized carbons (Fsp3) is 0.167. The normalized spacial score (nSPS) is 18.2. The maximum absolute atomic E-state index is 11.9. The molecule has 9 heteroatoms. The van der Waals surface area contributed by atoms with Crippen molar-refractivity contribution in [2.45, 2.75) is 12.5 Å². The van der Waals surface area contributed by atoms with Crippen molar-refractivity contribution >= 4 is 23.8 Å². The van der Waals surface area contributed by atoms with Crippen LogP contribution in [0, 0.1) is 10.1 Å². The molecule has 1 aliphatic rings. The summed E-state index contributed by atoms with van der Waals surface area (Å²) < 4.78 is 5.09. The second-order valence-electron chi connectivity index (χ2n) is 5.76. The van der Waals surface area contributed by atoms with E-state index in [9.17, 15) is 14.9 Å². The molecule has 1 fully saturated rings. The fourth-order valence-corrected chi connectivity index (χ4v) is 2.55. The van der Waals surface area contributed by atoms with Crippen LogP contribution in [0.4, 0.5) is 5.69 Å². The molecule has 0 radical (unpaired) electrons. The minimum atomic E-state index is -0.467. The second kappa shape index (κ2) is 8.09. The molecule has 2 aromatic rings. The molecule has 1 atom stereocenters. The van der Waals surface area contributed by atoms with Crippen molar-refractivity contribution in [2.75, 3.05) is 7.11 Å². The molecule has 0 aromatic heterocycles. The van der Waals surface area contributed by atoms with Gasteiger partial charge in [-0.15, -0.1) is 5.10 Å². The van der Waals surface area contributed by atoms with Gasteiger partial charge in [-0.3, -0.25) is 20.2 Å². The summed E-state index contributed by atoms with van der Waals surface area (Å²) in [6.07, 6.45) is 1.74. The molecule has 27 heavy (non-hydrogen) atoms. The van der Waals surface area contributed by atoms with E-state index in [1.807, 2.05) is 12.1 Å². The van der Waals surface area contributed by atoms with Crippen molar-refractivity contribution in [3.63, 3.8) is 0 Å². The van der Waals surface area contributed by atoms with Crippen molar-refractivity contribution in [1.82, 2.24) is 10.6 Å². The Kier molecular flexibility index (Phi) is 5.41. The molecule has 2 aromatic carbocycles. The minimum absolute atomic E-state index is 0.00278. The molecule has 0 aliphatic carbocycles. The van der Waals surface area contributed by atoms with Crippen LogP contribution in [0.25, 0.3) is 0 Å². The predicted octanol–water partition coefficient (Wildman–Crippen LogP) is 2.14. The van der Waals surface area contributed by atoms with Crippen LogP contribution in [0.3, 0.4) is 0 Å². The topological polar surface area (TPSA) is 118 Å². The van der Waals surface area contributed by atoms with Crippen LogP contribution in [0.15, 0.2) is 58.7 Å². The Labute approximate surface area is 154 Å². The number of ether oxygens (including phenoxy) is 1. The molecule has 0 saturated carbocycles. The first kappa shape index (κ1) is 18.1. The highest BCUT2D eigenvalue weighted by Gasteiger charge is 2.24. The van der Waals surface area contributed by atoms with E-state index in [1.165, 1.54) is 12.1 Å². The largest absolute Gasteiger partial charge is 0.497 e. The lowest BCUT2D eigenvalue weighted by Crippen LogP contribution is -2.49. The molecule has 1 unspecified atom stereocenters. The van der Waals surface area contributed by atoms with Crippen LogP contribution in [-0.2, 0) is 4.79 Å². The van der Waals surface area contributed by atoms with Gasteiger partial charge in [0.1, 0.15) is 5.75 Å². The molecule has 2 N–H and O–H groups in total. The first-order valence-electron chi connectivity index (χ1n) is 8.11. The zero-order chi connectivity index (χ0) is 19.2. The number of nitro groups is 1. The first-order chi connectivity index (χ1) is 13.0. The van der Waals surface area contributed by atoms with Gasteiger partial charge in [-0.1, -0.05) is 12.1 Å². The highest BCUT2D eigenvalue weighted by Crippen LogP contribution is 2.22. The number of nitrogens with zero attached hydrogens (tertiary/aromatic N) is 3. The third-order valence-electron chi connectivity index (χ3n) is 3.94. The van der Waals surface area contributed by atoms with Crippen LogP contribution >= 0.6 is 0 Å². The minimum Gasteiger partial charge on any atom is -0.497 e. The summed E-state index contributed by atoms with van der Waals surface area (Å²) in [5.74, 6) is 0.750. The number of hydrogen-bond acceptors (Lipinski definition) is 6. The van der Waals surface area contributed by atoms with E-state index in [0.29, 0.717) is 0 Å². The summed E-state index contributed by atoms with van der Waals surface area (Å²) in [5.41, 5.74) is 1.58. The van der Waals surface area contributed by atoms with Gasteiger partial charge in [0.2, 0.25) is 11.9 Å². The van der Waals surface area contributed by atoms with Crippen LogP contribution in [-0.4, -0.2) is 30.1 Å². The highest BCUT2D eigenvalue weighted by atomic mass is 16.6. The standard InChI is InChI=1S/C18H17N5O4/c1-27-15-8-2-12(3-9-15)11-19-22-18-20-16(10-17(24)21-18)13-4-6-14(7-5-13)23(25)26/h2-9,11,16H,10H2,1H3,(H2,20,21,22,24). The summed E-state index contributed by atoms with van der Waals surface area (Å²) in [5, 5.41) is 24.4. The van der Waals surface area contributed by atoms with Gasteiger partial charge < -0.3 is 10.1 Å². The van der Waals surface area contributed by atoms with Gasteiger partial charge in [-0.05, 0) is 35.4 Å². The predicted molar refractivity (Wildman–Crippen MR) is 99.8 cm³/mol. The summed E-state index contributed by atoms with van der Waals surface area (Å²) in [4.78, 5) is 22.2. The van der Waals surface area contributed by atoms with E-state index in [4.69, 9.17) is 4.74 Å². The first-order valence-corrected chi connectivity index (χ1v) is 8.11. The van der Waals surface area contributed by atoms with Gasteiger partial charge in [0.15, 0.2) is 0 Å². The second-order valence-corrected chi connectivity index (χ2v) is 5.76. The maximum atomic E-state index is 11.9. The van der Waals surface area contributed by atoms with Gasteiger partial charge in [-0.25, -0.2) is 0 Å². The van der Waals surface area contributed by atoms with Crippen molar-refractivity contribution < 1.29 is 14.5 Å². The number of amides is 1. The van der Waals surface area contributed by atoms with Gasteiger partial charge in [0, 0.05) is 12.1 Å². The molecular weight excluding hydrogens is 350 g/mol.